The number of rotatable bonds is 6. The van der Waals surface area contributed by atoms with Crippen molar-refractivity contribution in [1.82, 2.24) is 15.3 Å². The maximum Gasteiger partial charge on any atom is 0.318 e. The monoisotopic (exact) mass is 410 g/mol. The average Bonchev–Trinajstić information content (AvgIpc) is 2.74. The van der Waals surface area contributed by atoms with Gasteiger partial charge in [-0.15, -0.1) is 0 Å². The van der Waals surface area contributed by atoms with E-state index in [0.29, 0.717) is 31.3 Å². The molecule has 1 aromatic heterocycles. The van der Waals surface area contributed by atoms with Crippen molar-refractivity contribution >= 4 is 29.8 Å². The lowest BCUT2D eigenvalue weighted by atomic mass is 10.1. The Morgan fingerprint density at radius 1 is 1.23 bits per heavy atom. The topological polar surface area (TPSA) is 144 Å². The quantitative estimate of drug-likeness (QED) is 0.479. The van der Waals surface area contributed by atoms with Crippen molar-refractivity contribution in [1.29, 1.82) is 0 Å². The summed E-state index contributed by atoms with van der Waals surface area (Å²) in [6, 6.07) is 9.37. The van der Waals surface area contributed by atoms with Gasteiger partial charge in [0.05, 0.1) is 13.2 Å². The van der Waals surface area contributed by atoms with Crippen LogP contribution in [-0.2, 0) is 17.7 Å². The minimum absolute atomic E-state index is 0.0881. The Hall–Kier alpha value is -3.53. The normalized spacial score (nSPS) is 14.8. The number of aliphatic imine (C=N–C) groups is 2. The van der Waals surface area contributed by atoms with Crippen molar-refractivity contribution in [3.8, 4) is 0 Å². The van der Waals surface area contributed by atoms with E-state index in [0.717, 1.165) is 18.9 Å². The van der Waals surface area contributed by atoms with Gasteiger partial charge in [0.25, 0.3) is 0 Å². The van der Waals surface area contributed by atoms with Crippen LogP contribution >= 0.6 is 0 Å². The Morgan fingerprint density at radius 3 is 2.67 bits per heavy atom. The molecule has 1 aliphatic rings. The summed E-state index contributed by atoms with van der Waals surface area (Å²) in [6.45, 7) is 4.89. The Morgan fingerprint density at radius 2 is 1.97 bits per heavy atom. The Balaban J connectivity index is 1.78. The number of morpholine rings is 1. The maximum absolute atomic E-state index is 10.9. The van der Waals surface area contributed by atoms with E-state index in [2.05, 4.69) is 61.4 Å². The molecular formula is C20H26N8O2. The lowest BCUT2D eigenvalue weighted by Crippen LogP contribution is -2.40. The van der Waals surface area contributed by atoms with Crippen LogP contribution in [0.1, 0.15) is 17.0 Å². The third-order valence-corrected chi connectivity index (χ3v) is 4.39. The minimum Gasteiger partial charge on any atom is -0.378 e. The van der Waals surface area contributed by atoms with Crippen molar-refractivity contribution in [3.05, 3.63) is 47.3 Å². The molecule has 0 radical (unpaired) electrons. The van der Waals surface area contributed by atoms with Crippen LogP contribution in [0, 0.1) is 6.92 Å². The summed E-state index contributed by atoms with van der Waals surface area (Å²) < 4.78 is 5.41. The van der Waals surface area contributed by atoms with Crippen LogP contribution in [0.4, 0.5) is 16.4 Å². The average molecular weight is 410 g/mol. The standard InChI is InChI=1S/C20H26N8O2/c1-14-2-4-15(5-3-14)6-7-23-16-12-18(28-8-10-30-11-9-28)26-17(25-16)13-24-19(21)27-20(22)29/h2-5,7,12H,6,8-11,13H2,1H3,(H5,21,22,24,27,29). The Labute approximate surface area is 175 Å². The number of primary amides is 1. The number of anilines is 1. The van der Waals surface area contributed by atoms with Gasteiger partial charge in [-0.25, -0.2) is 24.7 Å². The third kappa shape index (κ3) is 6.52. The zero-order chi connectivity index (χ0) is 21.3. The van der Waals surface area contributed by atoms with Crippen LogP contribution in [0.2, 0.25) is 0 Å². The van der Waals surface area contributed by atoms with Crippen LogP contribution in [0.5, 0.6) is 0 Å². The number of hydrogen-bond donors (Lipinski definition) is 3. The van der Waals surface area contributed by atoms with Crippen LogP contribution < -0.4 is 21.7 Å². The predicted molar refractivity (Wildman–Crippen MR) is 116 cm³/mol. The molecule has 1 fully saturated rings. The van der Waals surface area contributed by atoms with E-state index in [4.69, 9.17) is 16.2 Å². The summed E-state index contributed by atoms with van der Waals surface area (Å²) in [5, 5.41) is 2.22. The number of urea groups is 1. The van der Waals surface area contributed by atoms with Crippen molar-refractivity contribution in [2.75, 3.05) is 31.2 Å². The van der Waals surface area contributed by atoms with E-state index in [9.17, 15) is 4.79 Å². The second-order valence-electron chi connectivity index (χ2n) is 6.79. The van der Waals surface area contributed by atoms with E-state index < -0.39 is 6.03 Å². The number of carbonyl (C=O) groups is 1. The number of hydrogen-bond acceptors (Lipinski definition) is 7. The zero-order valence-corrected chi connectivity index (χ0v) is 16.9. The second-order valence-corrected chi connectivity index (χ2v) is 6.79. The number of nitrogens with one attached hydrogen (secondary N) is 1. The van der Waals surface area contributed by atoms with Crippen molar-refractivity contribution in [2.45, 2.75) is 19.9 Å². The number of guanidine groups is 1. The lowest BCUT2D eigenvalue weighted by molar-refractivity contribution is 0.122. The molecule has 2 heterocycles. The Bertz CT molecular complexity index is 921. The van der Waals surface area contributed by atoms with E-state index in [1.54, 1.807) is 0 Å². The molecule has 0 unspecified atom stereocenters. The molecule has 5 N–H and O–H groups in total. The van der Waals surface area contributed by atoms with Crippen molar-refractivity contribution in [3.63, 3.8) is 0 Å². The molecule has 0 saturated carbocycles. The molecule has 30 heavy (non-hydrogen) atoms. The third-order valence-electron chi connectivity index (χ3n) is 4.39. The molecule has 0 bridgehead atoms. The summed E-state index contributed by atoms with van der Waals surface area (Å²) in [5.41, 5.74) is 13.0. The first-order valence-electron chi connectivity index (χ1n) is 9.65. The van der Waals surface area contributed by atoms with Gasteiger partial charge in [-0.05, 0) is 12.5 Å². The molecule has 1 aliphatic heterocycles. The summed E-state index contributed by atoms with van der Waals surface area (Å²) in [7, 11) is 0. The molecule has 2 amide bonds. The number of amides is 2. The van der Waals surface area contributed by atoms with E-state index in [1.165, 1.54) is 11.1 Å². The number of nitrogens with zero attached hydrogens (tertiary/aromatic N) is 5. The minimum atomic E-state index is -0.777. The summed E-state index contributed by atoms with van der Waals surface area (Å²) >= 11 is 0. The molecule has 10 heteroatoms. The van der Waals surface area contributed by atoms with Crippen LogP contribution in [0.3, 0.4) is 0 Å². The van der Waals surface area contributed by atoms with E-state index in [1.807, 2.05) is 12.3 Å². The van der Waals surface area contributed by atoms with Gasteiger partial charge in [0.2, 0.25) is 0 Å². The molecule has 0 aliphatic carbocycles. The van der Waals surface area contributed by atoms with Crippen LogP contribution in [-0.4, -0.2) is 54.5 Å². The number of ether oxygens (including phenoxy) is 1. The molecule has 0 spiro atoms. The van der Waals surface area contributed by atoms with Crippen LogP contribution in [0.25, 0.3) is 0 Å². The fourth-order valence-electron chi connectivity index (χ4n) is 2.85. The van der Waals surface area contributed by atoms with Gasteiger partial charge in [0.15, 0.2) is 17.6 Å². The first kappa shape index (κ1) is 21.2. The smallest absolute Gasteiger partial charge is 0.318 e. The number of carbonyl (C=O) groups excluding carboxylic acids is 1. The fraction of sp³-hybridized carbons (Fsp3) is 0.350. The molecule has 3 rings (SSSR count). The van der Waals surface area contributed by atoms with E-state index in [-0.39, 0.29) is 12.5 Å². The predicted octanol–water partition coefficient (Wildman–Crippen LogP) is 1.05. The highest BCUT2D eigenvalue weighted by Gasteiger charge is 2.15. The molecule has 0 atom stereocenters. The number of aromatic nitrogens is 2. The van der Waals surface area contributed by atoms with Crippen LogP contribution in [0.15, 0.2) is 40.3 Å². The van der Waals surface area contributed by atoms with Gasteiger partial charge < -0.3 is 21.1 Å². The van der Waals surface area contributed by atoms with Gasteiger partial charge >= 0.3 is 6.03 Å². The highest BCUT2D eigenvalue weighted by atomic mass is 16.5. The molecule has 1 aromatic carbocycles. The molecule has 1 saturated heterocycles. The van der Waals surface area contributed by atoms with Gasteiger partial charge in [0.1, 0.15) is 12.4 Å². The van der Waals surface area contributed by atoms with E-state index >= 15 is 0 Å². The molecule has 158 valence electrons. The van der Waals surface area contributed by atoms with Crippen molar-refractivity contribution < 1.29 is 9.53 Å². The largest absolute Gasteiger partial charge is 0.378 e. The SMILES string of the molecule is Cc1ccc(CC=Nc2cc(N3CCOCC3)nc(CN=C(N)NC(N)=O)n2)cc1. The summed E-state index contributed by atoms with van der Waals surface area (Å²) in [6.07, 6.45) is 2.52. The second kappa shape index (κ2) is 10.3. The van der Waals surface area contributed by atoms with Gasteiger partial charge in [0, 0.05) is 31.8 Å². The lowest BCUT2D eigenvalue weighted by Gasteiger charge is -2.28. The highest BCUT2D eigenvalue weighted by Crippen LogP contribution is 2.19. The Kier molecular flexibility index (Phi) is 7.28. The van der Waals surface area contributed by atoms with Gasteiger partial charge in [-0.3, -0.25) is 5.32 Å². The first-order chi connectivity index (χ1) is 14.5. The van der Waals surface area contributed by atoms with Gasteiger partial charge in [-0.2, -0.15) is 0 Å². The highest BCUT2D eigenvalue weighted by molar-refractivity contribution is 5.94. The van der Waals surface area contributed by atoms with Gasteiger partial charge in [-0.1, -0.05) is 29.8 Å². The van der Waals surface area contributed by atoms with Crippen molar-refractivity contribution in [2.24, 2.45) is 21.5 Å². The molecule has 2 aromatic rings. The number of aryl methyl sites for hydroxylation is 1. The number of nitrogens with two attached hydrogens (primary N) is 2. The fourth-order valence-corrected chi connectivity index (χ4v) is 2.85. The zero-order valence-electron chi connectivity index (χ0n) is 16.9. The molecule has 10 nitrogen and oxygen atoms in total. The number of benzene rings is 1. The summed E-state index contributed by atoms with van der Waals surface area (Å²) in [4.78, 5) is 30.6. The molecular weight excluding hydrogens is 384 g/mol. The first-order valence-corrected chi connectivity index (χ1v) is 9.65. The maximum atomic E-state index is 10.9. The summed E-state index contributed by atoms with van der Waals surface area (Å²) in [5.74, 6) is 1.63.